The van der Waals surface area contributed by atoms with Gasteiger partial charge < -0.3 is 15.0 Å². The summed E-state index contributed by atoms with van der Waals surface area (Å²) >= 11 is 0. The molecule has 9 nitrogen and oxygen atoms in total. The summed E-state index contributed by atoms with van der Waals surface area (Å²) in [5.41, 5.74) is 0.825. The summed E-state index contributed by atoms with van der Waals surface area (Å²) < 4.78 is 46.8. The van der Waals surface area contributed by atoms with E-state index in [-0.39, 0.29) is 24.2 Å². The van der Waals surface area contributed by atoms with Gasteiger partial charge in [-0.1, -0.05) is 19.1 Å². The van der Waals surface area contributed by atoms with Crippen molar-refractivity contribution in [3.05, 3.63) is 59.9 Å². The van der Waals surface area contributed by atoms with Crippen LogP contribution in [0.3, 0.4) is 0 Å². The summed E-state index contributed by atoms with van der Waals surface area (Å²) in [5, 5.41) is 2.87. The Morgan fingerprint density at radius 2 is 1.72 bits per heavy atom. The van der Waals surface area contributed by atoms with Crippen LogP contribution < -0.4 is 14.4 Å². The Labute approximate surface area is 213 Å². The van der Waals surface area contributed by atoms with Gasteiger partial charge in [0, 0.05) is 26.7 Å². The number of halogens is 1. The largest absolute Gasteiger partial charge is 0.497 e. The predicted molar refractivity (Wildman–Crippen MR) is 137 cm³/mol. The maximum atomic E-state index is 13.6. The standard InChI is InChI=1S/C25H35FN4O5S/c1-7-18(2)27-25(32)19(3)29(16-20-9-8-10-23(15-20)35-6)24(31)17-30(36(33,34)28(4)5)22-13-11-21(26)12-14-22/h8-15,18-19H,7,16-17H2,1-6H3,(H,27,32)/t18-,19-/m0/s1. The monoisotopic (exact) mass is 522 g/mol. The number of carbonyl (C=O) groups excluding carboxylic acids is 2. The predicted octanol–water partition coefficient (Wildman–Crippen LogP) is 2.78. The highest BCUT2D eigenvalue weighted by atomic mass is 32.2. The fourth-order valence-corrected chi connectivity index (χ4v) is 4.40. The SMILES string of the molecule is CC[C@H](C)NC(=O)[C@H](C)N(Cc1cccc(OC)c1)C(=O)CN(c1ccc(F)cc1)S(=O)(=O)N(C)C. The second-order valence-electron chi connectivity index (χ2n) is 8.64. The van der Waals surface area contributed by atoms with Gasteiger partial charge in [-0.05, 0) is 62.2 Å². The van der Waals surface area contributed by atoms with E-state index >= 15 is 0 Å². The van der Waals surface area contributed by atoms with Crippen molar-refractivity contribution in [1.82, 2.24) is 14.5 Å². The van der Waals surface area contributed by atoms with E-state index in [2.05, 4.69) is 5.32 Å². The zero-order valence-corrected chi connectivity index (χ0v) is 22.4. The highest BCUT2D eigenvalue weighted by molar-refractivity contribution is 7.90. The fraction of sp³-hybridized carbons (Fsp3) is 0.440. The summed E-state index contributed by atoms with van der Waals surface area (Å²) in [7, 11) is 0.0947. The lowest BCUT2D eigenvalue weighted by Crippen LogP contribution is -2.53. The maximum absolute atomic E-state index is 13.6. The van der Waals surface area contributed by atoms with E-state index in [0.717, 1.165) is 20.7 Å². The topological polar surface area (TPSA) is 99.3 Å². The van der Waals surface area contributed by atoms with Crippen molar-refractivity contribution < 1.29 is 27.1 Å². The summed E-state index contributed by atoms with van der Waals surface area (Å²) in [5.74, 6) is -0.911. The number of hydrogen-bond donors (Lipinski definition) is 1. The van der Waals surface area contributed by atoms with Crippen LogP contribution in [0.25, 0.3) is 0 Å². The molecule has 2 rings (SSSR count). The van der Waals surface area contributed by atoms with Crippen LogP contribution in [0.2, 0.25) is 0 Å². The Kier molecular flexibility index (Phi) is 10.2. The van der Waals surface area contributed by atoms with E-state index in [1.807, 2.05) is 13.8 Å². The van der Waals surface area contributed by atoms with Crippen molar-refractivity contribution in [3.63, 3.8) is 0 Å². The van der Waals surface area contributed by atoms with E-state index in [4.69, 9.17) is 4.74 Å². The van der Waals surface area contributed by atoms with Crippen molar-refractivity contribution >= 4 is 27.7 Å². The van der Waals surface area contributed by atoms with Crippen LogP contribution in [0.1, 0.15) is 32.8 Å². The first-order valence-corrected chi connectivity index (χ1v) is 13.0. The number of nitrogens with one attached hydrogen (secondary N) is 1. The van der Waals surface area contributed by atoms with E-state index in [1.165, 1.54) is 38.2 Å². The summed E-state index contributed by atoms with van der Waals surface area (Å²) in [4.78, 5) is 27.9. The van der Waals surface area contributed by atoms with Crippen LogP contribution in [0.15, 0.2) is 48.5 Å². The fourth-order valence-electron chi connectivity index (χ4n) is 3.34. The quantitative estimate of drug-likeness (QED) is 0.462. The average Bonchev–Trinajstić information content (AvgIpc) is 2.85. The summed E-state index contributed by atoms with van der Waals surface area (Å²) in [6.07, 6.45) is 0.710. The molecule has 36 heavy (non-hydrogen) atoms. The number of carbonyl (C=O) groups is 2. The molecule has 0 aromatic heterocycles. The highest BCUT2D eigenvalue weighted by Crippen LogP contribution is 2.22. The molecule has 0 radical (unpaired) electrons. The third-order valence-electron chi connectivity index (χ3n) is 5.79. The molecule has 2 aromatic carbocycles. The lowest BCUT2D eigenvalue weighted by atomic mass is 10.1. The zero-order chi connectivity index (χ0) is 27.0. The first-order valence-electron chi connectivity index (χ1n) is 11.6. The van der Waals surface area contributed by atoms with E-state index in [9.17, 15) is 22.4 Å². The van der Waals surface area contributed by atoms with Crippen molar-refractivity contribution in [2.45, 2.75) is 45.8 Å². The van der Waals surface area contributed by atoms with Gasteiger partial charge >= 0.3 is 10.2 Å². The lowest BCUT2D eigenvalue weighted by molar-refractivity contribution is -0.139. The average molecular weight is 523 g/mol. The van der Waals surface area contributed by atoms with Gasteiger partial charge in [-0.3, -0.25) is 9.59 Å². The van der Waals surface area contributed by atoms with Crippen molar-refractivity contribution in [3.8, 4) is 5.75 Å². The smallest absolute Gasteiger partial charge is 0.304 e. The normalized spacial score (nSPS) is 13.1. The van der Waals surface area contributed by atoms with Gasteiger partial charge in [0.05, 0.1) is 12.8 Å². The third kappa shape index (κ3) is 7.41. The number of amides is 2. The molecule has 198 valence electrons. The number of hydrogen-bond acceptors (Lipinski definition) is 5. The Hall–Kier alpha value is -3.18. The molecule has 0 aliphatic heterocycles. The van der Waals surface area contributed by atoms with Gasteiger partial charge in [0.25, 0.3) is 0 Å². The number of rotatable bonds is 12. The third-order valence-corrected chi connectivity index (χ3v) is 7.61. The van der Waals surface area contributed by atoms with Gasteiger partial charge in [0.2, 0.25) is 11.8 Å². The van der Waals surface area contributed by atoms with Crippen LogP contribution in [0, 0.1) is 5.82 Å². The van der Waals surface area contributed by atoms with Crippen molar-refractivity contribution in [1.29, 1.82) is 0 Å². The number of benzene rings is 2. The van der Waals surface area contributed by atoms with Crippen LogP contribution in [-0.2, 0) is 26.3 Å². The number of anilines is 1. The molecule has 0 saturated carbocycles. The molecule has 0 unspecified atom stereocenters. The van der Waals surface area contributed by atoms with Crippen molar-refractivity contribution in [2.75, 3.05) is 32.1 Å². The van der Waals surface area contributed by atoms with Crippen LogP contribution >= 0.6 is 0 Å². The zero-order valence-electron chi connectivity index (χ0n) is 21.6. The van der Waals surface area contributed by atoms with Crippen LogP contribution in [-0.4, -0.2) is 69.3 Å². The van der Waals surface area contributed by atoms with Gasteiger partial charge in [-0.15, -0.1) is 0 Å². The second-order valence-corrected chi connectivity index (χ2v) is 10.7. The summed E-state index contributed by atoms with van der Waals surface area (Å²) in [6, 6.07) is 10.9. The molecular weight excluding hydrogens is 487 g/mol. The van der Waals surface area contributed by atoms with E-state index in [0.29, 0.717) is 17.7 Å². The Bertz CT molecular complexity index is 1140. The molecule has 0 fully saturated rings. The van der Waals surface area contributed by atoms with Crippen molar-refractivity contribution in [2.24, 2.45) is 0 Å². The second kappa shape index (κ2) is 12.7. The van der Waals surface area contributed by atoms with Gasteiger partial charge in [0.15, 0.2) is 0 Å². The molecule has 2 atom stereocenters. The number of nitrogens with zero attached hydrogens (tertiary/aromatic N) is 3. The van der Waals surface area contributed by atoms with Crippen LogP contribution in [0.5, 0.6) is 5.75 Å². The summed E-state index contributed by atoms with van der Waals surface area (Å²) in [6.45, 7) is 4.85. The van der Waals surface area contributed by atoms with Gasteiger partial charge in [-0.25, -0.2) is 8.70 Å². The Morgan fingerprint density at radius 1 is 1.08 bits per heavy atom. The molecule has 0 bridgehead atoms. The lowest BCUT2D eigenvalue weighted by Gasteiger charge is -2.33. The molecular formula is C25H35FN4O5S. The molecule has 2 amide bonds. The molecule has 11 heteroatoms. The molecule has 0 heterocycles. The highest BCUT2D eigenvalue weighted by Gasteiger charge is 2.33. The number of methoxy groups -OCH3 is 1. The molecule has 0 aliphatic rings. The Morgan fingerprint density at radius 3 is 2.28 bits per heavy atom. The minimum atomic E-state index is -4.11. The Balaban J connectivity index is 2.46. The first-order chi connectivity index (χ1) is 16.9. The molecule has 1 N–H and O–H groups in total. The van der Waals surface area contributed by atoms with E-state index in [1.54, 1.807) is 31.2 Å². The molecule has 2 aromatic rings. The van der Waals surface area contributed by atoms with E-state index < -0.39 is 34.5 Å². The van der Waals surface area contributed by atoms with Gasteiger partial charge in [-0.2, -0.15) is 12.7 Å². The first kappa shape index (κ1) is 29.1. The molecule has 0 saturated heterocycles. The maximum Gasteiger partial charge on any atom is 0.304 e. The molecule has 0 spiro atoms. The van der Waals surface area contributed by atoms with Crippen LogP contribution in [0.4, 0.5) is 10.1 Å². The molecule has 0 aliphatic carbocycles. The minimum Gasteiger partial charge on any atom is -0.497 e. The number of ether oxygens (including phenoxy) is 1. The minimum absolute atomic E-state index is 0.0460. The van der Waals surface area contributed by atoms with Gasteiger partial charge in [0.1, 0.15) is 24.2 Å².